The van der Waals surface area contributed by atoms with E-state index in [0.29, 0.717) is 0 Å². The van der Waals surface area contributed by atoms with Gasteiger partial charge in [0, 0.05) is 5.57 Å². The predicted octanol–water partition coefficient (Wildman–Crippen LogP) is 7.68. The molecule has 0 aromatic carbocycles. The first kappa shape index (κ1) is 22.3. The van der Waals surface area contributed by atoms with Gasteiger partial charge >= 0.3 is 0 Å². The number of unbranched alkanes of at least 4 members (excludes halogenated alkanes) is 5. The molecule has 0 fully saturated rings. The van der Waals surface area contributed by atoms with Crippen LogP contribution in [0, 0.1) is 11.5 Å². The van der Waals surface area contributed by atoms with Gasteiger partial charge in [-0.15, -0.1) is 5.54 Å². The summed E-state index contributed by atoms with van der Waals surface area (Å²) in [6.45, 7) is 15.8. The number of allylic oxidation sites excluding steroid dienone is 3. The normalized spacial score (nSPS) is 12.0. The lowest BCUT2D eigenvalue weighted by Crippen LogP contribution is -2.29. The first-order valence-electron chi connectivity index (χ1n) is 10.0. The fourth-order valence-corrected chi connectivity index (χ4v) is 5.27. The fourth-order valence-electron chi connectivity index (χ4n) is 2.84. The highest BCUT2D eigenvalue weighted by Gasteiger charge is 2.24. The van der Waals surface area contributed by atoms with Crippen LogP contribution in [0.15, 0.2) is 23.8 Å². The van der Waals surface area contributed by atoms with E-state index in [-0.39, 0.29) is 0 Å². The summed E-state index contributed by atoms with van der Waals surface area (Å²) in [4.78, 5) is 0. The molecular weight excluding hydrogens is 292 g/mol. The maximum Gasteiger partial charge on any atom is 0.138 e. The third-order valence-electron chi connectivity index (χ3n) is 5.11. The summed E-state index contributed by atoms with van der Waals surface area (Å²) in [7, 11) is -1.36. The SMILES string of the molecule is C=C(CCCC)/C(C#C[Si](CC)(CC)CC)=C/CCCCCC. The highest BCUT2D eigenvalue weighted by atomic mass is 28.3. The molecule has 0 aromatic rings. The minimum atomic E-state index is -1.36. The van der Waals surface area contributed by atoms with E-state index in [9.17, 15) is 0 Å². The summed E-state index contributed by atoms with van der Waals surface area (Å²) < 4.78 is 0. The molecule has 23 heavy (non-hydrogen) atoms. The molecule has 0 amide bonds. The van der Waals surface area contributed by atoms with Crippen molar-refractivity contribution in [1.29, 1.82) is 0 Å². The Bertz CT molecular complexity index is 393. The van der Waals surface area contributed by atoms with Crippen LogP contribution in [-0.2, 0) is 0 Å². The van der Waals surface area contributed by atoms with E-state index < -0.39 is 8.07 Å². The third-order valence-corrected chi connectivity index (χ3v) is 9.83. The molecule has 0 aromatic heterocycles. The van der Waals surface area contributed by atoms with E-state index in [1.54, 1.807) is 0 Å². The van der Waals surface area contributed by atoms with Crippen LogP contribution in [0.1, 0.15) is 86.0 Å². The van der Waals surface area contributed by atoms with Crippen molar-refractivity contribution in [2.45, 2.75) is 104 Å². The molecule has 0 heterocycles. The minimum Gasteiger partial charge on any atom is -0.126 e. The van der Waals surface area contributed by atoms with E-state index in [4.69, 9.17) is 0 Å². The van der Waals surface area contributed by atoms with Gasteiger partial charge in [-0.1, -0.05) is 78.9 Å². The molecule has 0 radical (unpaired) electrons. The summed E-state index contributed by atoms with van der Waals surface area (Å²) in [5, 5.41) is 0. The van der Waals surface area contributed by atoms with Crippen LogP contribution in [0.5, 0.6) is 0 Å². The number of hydrogen-bond acceptors (Lipinski definition) is 0. The zero-order valence-corrected chi connectivity index (χ0v) is 17.6. The van der Waals surface area contributed by atoms with E-state index in [0.717, 1.165) is 12.8 Å². The average molecular weight is 333 g/mol. The van der Waals surface area contributed by atoms with Gasteiger partial charge < -0.3 is 0 Å². The topological polar surface area (TPSA) is 0 Å². The van der Waals surface area contributed by atoms with Crippen molar-refractivity contribution in [3.05, 3.63) is 23.8 Å². The molecule has 0 unspecified atom stereocenters. The van der Waals surface area contributed by atoms with Gasteiger partial charge in [0.2, 0.25) is 0 Å². The Morgan fingerprint density at radius 3 is 2.00 bits per heavy atom. The Kier molecular flexibility index (Phi) is 13.2. The molecule has 0 N–H and O–H groups in total. The Hall–Kier alpha value is -0.743. The lowest BCUT2D eigenvalue weighted by molar-refractivity contribution is 0.673. The monoisotopic (exact) mass is 332 g/mol. The Labute approximate surface area is 147 Å². The van der Waals surface area contributed by atoms with Crippen LogP contribution < -0.4 is 0 Å². The van der Waals surface area contributed by atoms with Gasteiger partial charge in [-0.2, -0.15) is 0 Å². The second kappa shape index (κ2) is 13.7. The van der Waals surface area contributed by atoms with Crippen molar-refractivity contribution in [3.8, 4) is 11.5 Å². The van der Waals surface area contributed by atoms with Gasteiger partial charge in [-0.25, -0.2) is 0 Å². The van der Waals surface area contributed by atoms with Crippen molar-refractivity contribution < 1.29 is 0 Å². The molecule has 0 aliphatic heterocycles. The van der Waals surface area contributed by atoms with Crippen LogP contribution in [0.4, 0.5) is 0 Å². The lowest BCUT2D eigenvalue weighted by atomic mass is 10.0. The van der Waals surface area contributed by atoms with Gasteiger partial charge in [0.15, 0.2) is 0 Å². The molecular formula is C22H40Si. The molecule has 132 valence electrons. The Morgan fingerprint density at radius 1 is 0.870 bits per heavy atom. The maximum absolute atomic E-state index is 4.33. The van der Waals surface area contributed by atoms with Gasteiger partial charge in [0.05, 0.1) is 0 Å². The van der Waals surface area contributed by atoms with Crippen molar-refractivity contribution in [3.63, 3.8) is 0 Å². The van der Waals surface area contributed by atoms with Crippen LogP contribution >= 0.6 is 0 Å². The largest absolute Gasteiger partial charge is 0.138 e. The van der Waals surface area contributed by atoms with Crippen LogP contribution in [-0.4, -0.2) is 8.07 Å². The van der Waals surface area contributed by atoms with Crippen molar-refractivity contribution in [2.75, 3.05) is 0 Å². The zero-order chi connectivity index (χ0) is 17.6. The average Bonchev–Trinajstić information content (AvgIpc) is 2.59. The summed E-state index contributed by atoms with van der Waals surface area (Å²) >= 11 is 0. The third kappa shape index (κ3) is 9.21. The Morgan fingerprint density at radius 2 is 1.48 bits per heavy atom. The molecule has 0 saturated heterocycles. The molecule has 0 saturated carbocycles. The smallest absolute Gasteiger partial charge is 0.126 e. The maximum atomic E-state index is 4.33. The zero-order valence-electron chi connectivity index (χ0n) is 16.6. The first-order chi connectivity index (χ1) is 11.1. The van der Waals surface area contributed by atoms with Gasteiger partial charge in [0.1, 0.15) is 8.07 Å². The molecule has 0 bridgehead atoms. The molecule has 1 heteroatoms. The number of hydrogen-bond donors (Lipinski definition) is 0. The fraction of sp³-hybridized carbons (Fsp3) is 0.727. The highest BCUT2D eigenvalue weighted by Crippen LogP contribution is 2.21. The minimum absolute atomic E-state index is 1.10. The quantitative estimate of drug-likeness (QED) is 0.149. The predicted molar refractivity (Wildman–Crippen MR) is 110 cm³/mol. The van der Waals surface area contributed by atoms with E-state index >= 15 is 0 Å². The van der Waals surface area contributed by atoms with E-state index in [1.165, 1.54) is 67.8 Å². The van der Waals surface area contributed by atoms with Crippen LogP contribution in [0.25, 0.3) is 0 Å². The molecule has 0 aliphatic carbocycles. The second-order valence-corrected chi connectivity index (χ2v) is 11.7. The number of rotatable bonds is 12. The summed E-state index contributed by atoms with van der Waals surface area (Å²) in [5.74, 6) is 3.59. The van der Waals surface area contributed by atoms with Crippen LogP contribution in [0.3, 0.4) is 0 Å². The summed E-state index contributed by atoms with van der Waals surface area (Å²) in [6.07, 6.45) is 12.4. The molecule has 0 spiro atoms. The first-order valence-corrected chi connectivity index (χ1v) is 12.6. The molecule has 0 aliphatic rings. The van der Waals surface area contributed by atoms with Gasteiger partial charge in [-0.3, -0.25) is 0 Å². The molecule has 0 atom stereocenters. The van der Waals surface area contributed by atoms with E-state index in [2.05, 4.69) is 58.7 Å². The lowest BCUT2D eigenvalue weighted by Gasteiger charge is -2.20. The highest BCUT2D eigenvalue weighted by molar-refractivity contribution is 6.87. The van der Waals surface area contributed by atoms with Crippen molar-refractivity contribution in [1.82, 2.24) is 0 Å². The van der Waals surface area contributed by atoms with E-state index in [1.807, 2.05) is 0 Å². The summed E-state index contributed by atoms with van der Waals surface area (Å²) in [5.41, 5.74) is 6.27. The van der Waals surface area contributed by atoms with Gasteiger partial charge in [-0.05, 0) is 49.4 Å². The molecule has 0 rings (SSSR count). The standard InChI is InChI=1S/C22H40Si/c1-7-12-14-15-16-18-22(21(6)17-13-8-2)19-20-23(9-3,10-4)11-5/h18H,6-17H2,1-5H3/b22-18+. The van der Waals surface area contributed by atoms with Gasteiger partial charge in [0.25, 0.3) is 0 Å². The Balaban J connectivity index is 5.05. The van der Waals surface area contributed by atoms with Crippen molar-refractivity contribution >= 4 is 8.07 Å². The summed E-state index contributed by atoms with van der Waals surface area (Å²) in [6, 6.07) is 3.83. The molecule has 0 nitrogen and oxygen atoms in total. The second-order valence-electron chi connectivity index (χ2n) is 6.77. The van der Waals surface area contributed by atoms with Crippen molar-refractivity contribution in [2.24, 2.45) is 0 Å². The van der Waals surface area contributed by atoms with Crippen LogP contribution in [0.2, 0.25) is 18.1 Å².